The van der Waals surface area contributed by atoms with Crippen LogP contribution in [0.1, 0.15) is 32.8 Å². The van der Waals surface area contributed by atoms with Crippen LogP contribution in [-0.2, 0) is 6.54 Å². The van der Waals surface area contributed by atoms with E-state index in [0.29, 0.717) is 12.1 Å². The quantitative estimate of drug-likeness (QED) is 0.842. The first-order valence-electron chi connectivity index (χ1n) is 7.99. The van der Waals surface area contributed by atoms with Gasteiger partial charge in [-0.1, -0.05) is 13.0 Å². The van der Waals surface area contributed by atoms with Gasteiger partial charge in [0.05, 0.1) is 5.69 Å². The SMILES string of the molecule is CCCNCc1ccc(N2CC(C)N(C)C(C)C2)c(F)c1. The van der Waals surface area contributed by atoms with E-state index in [1.165, 1.54) is 0 Å². The van der Waals surface area contributed by atoms with Gasteiger partial charge in [0.1, 0.15) is 5.82 Å². The van der Waals surface area contributed by atoms with Gasteiger partial charge in [0.15, 0.2) is 0 Å². The van der Waals surface area contributed by atoms with Gasteiger partial charge in [-0.3, -0.25) is 4.90 Å². The Kier molecular flexibility index (Phi) is 5.59. The summed E-state index contributed by atoms with van der Waals surface area (Å²) in [6, 6.07) is 6.53. The molecule has 118 valence electrons. The lowest BCUT2D eigenvalue weighted by atomic mass is 10.1. The van der Waals surface area contributed by atoms with Crippen molar-refractivity contribution >= 4 is 5.69 Å². The average molecular weight is 293 g/mol. The number of piperazine rings is 1. The lowest BCUT2D eigenvalue weighted by molar-refractivity contribution is 0.169. The standard InChI is InChI=1S/C17H28FN3/c1-5-8-19-10-15-6-7-17(16(18)9-15)21-11-13(2)20(4)14(3)12-21/h6-7,9,13-14,19H,5,8,10-12H2,1-4H3. The Morgan fingerprint density at radius 3 is 2.48 bits per heavy atom. The van der Waals surface area contributed by atoms with E-state index in [0.717, 1.165) is 43.9 Å². The second-order valence-corrected chi connectivity index (χ2v) is 6.23. The Labute approximate surface area is 128 Å². The molecular formula is C17H28FN3. The number of rotatable bonds is 5. The highest BCUT2D eigenvalue weighted by molar-refractivity contribution is 5.50. The first-order chi connectivity index (χ1) is 10.0. The summed E-state index contributed by atoms with van der Waals surface area (Å²) in [5, 5.41) is 3.31. The average Bonchev–Trinajstić information content (AvgIpc) is 2.45. The van der Waals surface area contributed by atoms with Crippen LogP contribution in [0.15, 0.2) is 18.2 Å². The van der Waals surface area contributed by atoms with Crippen LogP contribution < -0.4 is 10.2 Å². The molecule has 21 heavy (non-hydrogen) atoms. The molecule has 1 aromatic carbocycles. The summed E-state index contributed by atoms with van der Waals surface area (Å²) in [6.07, 6.45) is 1.09. The van der Waals surface area contributed by atoms with E-state index in [-0.39, 0.29) is 5.82 Å². The van der Waals surface area contributed by atoms with Crippen LogP contribution in [0.25, 0.3) is 0 Å². The number of hydrogen-bond acceptors (Lipinski definition) is 3. The number of nitrogens with zero attached hydrogens (tertiary/aromatic N) is 2. The molecule has 0 amide bonds. The maximum Gasteiger partial charge on any atom is 0.146 e. The topological polar surface area (TPSA) is 18.5 Å². The van der Waals surface area contributed by atoms with E-state index < -0.39 is 0 Å². The Hall–Kier alpha value is -1.13. The van der Waals surface area contributed by atoms with Crippen LogP contribution in [0.4, 0.5) is 10.1 Å². The fourth-order valence-electron chi connectivity index (χ4n) is 2.93. The Balaban J connectivity index is 2.06. The first kappa shape index (κ1) is 16.2. The third kappa shape index (κ3) is 3.95. The Morgan fingerprint density at radius 1 is 1.24 bits per heavy atom. The monoisotopic (exact) mass is 293 g/mol. The minimum Gasteiger partial charge on any atom is -0.366 e. The lowest BCUT2D eigenvalue weighted by Crippen LogP contribution is -2.55. The highest BCUT2D eigenvalue weighted by atomic mass is 19.1. The third-order valence-electron chi connectivity index (χ3n) is 4.47. The number of nitrogens with one attached hydrogen (secondary N) is 1. The van der Waals surface area contributed by atoms with Gasteiger partial charge in [-0.25, -0.2) is 4.39 Å². The summed E-state index contributed by atoms with van der Waals surface area (Å²) in [6.45, 7) is 9.99. The van der Waals surface area contributed by atoms with E-state index in [2.05, 4.69) is 42.9 Å². The zero-order valence-electron chi connectivity index (χ0n) is 13.7. The summed E-state index contributed by atoms with van der Waals surface area (Å²) in [5.41, 5.74) is 1.75. The third-order valence-corrected chi connectivity index (χ3v) is 4.47. The largest absolute Gasteiger partial charge is 0.366 e. The van der Waals surface area contributed by atoms with Gasteiger partial charge in [0, 0.05) is 31.7 Å². The molecule has 1 aliphatic rings. The van der Waals surface area contributed by atoms with Gasteiger partial charge in [-0.15, -0.1) is 0 Å². The van der Waals surface area contributed by atoms with E-state index in [1.54, 1.807) is 6.07 Å². The maximum absolute atomic E-state index is 14.4. The van der Waals surface area contributed by atoms with Crippen molar-refractivity contribution in [3.8, 4) is 0 Å². The Morgan fingerprint density at radius 2 is 1.90 bits per heavy atom. The summed E-state index contributed by atoms with van der Waals surface area (Å²) < 4.78 is 14.4. The fraction of sp³-hybridized carbons (Fsp3) is 0.647. The lowest BCUT2D eigenvalue weighted by Gasteiger charge is -2.43. The molecule has 0 radical (unpaired) electrons. The zero-order chi connectivity index (χ0) is 15.4. The summed E-state index contributed by atoms with van der Waals surface area (Å²) in [7, 11) is 2.14. The number of halogens is 1. The zero-order valence-corrected chi connectivity index (χ0v) is 13.7. The number of hydrogen-bond donors (Lipinski definition) is 1. The van der Waals surface area contributed by atoms with Gasteiger partial charge in [-0.05, 0) is 51.6 Å². The second kappa shape index (κ2) is 7.23. The molecule has 0 aromatic heterocycles. The van der Waals surface area contributed by atoms with Crippen LogP contribution in [0, 0.1) is 5.82 Å². The van der Waals surface area contributed by atoms with E-state index in [4.69, 9.17) is 0 Å². The van der Waals surface area contributed by atoms with Crippen molar-refractivity contribution in [1.82, 2.24) is 10.2 Å². The molecule has 0 saturated carbocycles. The molecular weight excluding hydrogens is 265 g/mol. The van der Waals surface area contributed by atoms with E-state index in [1.807, 2.05) is 12.1 Å². The molecule has 1 aliphatic heterocycles. The molecule has 0 spiro atoms. The van der Waals surface area contributed by atoms with Gasteiger partial charge >= 0.3 is 0 Å². The van der Waals surface area contributed by atoms with Crippen molar-refractivity contribution in [2.24, 2.45) is 0 Å². The molecule has 3 nitrogen and oxygen atoms in total. The molecule has 1 N–H and O–H groups in total. The maximum atomic E-state index is 14.4. The normalized spacial score (nSPS) is 23.6. The van der Waals surface area contributed by atoms with Crippen molar-refractivity contribution < 1.29 is 4.39 Å². The van der Waals surface area contributed by atoms with Crippen LogP contribution in [0.2, 0.25) is 0 Å². The molecule has 2 rings (SSSR count). The van der Waals surface area contributed by atoms with Crippen LogP contribution >= 0.6 is 0 Å². The predicted octanol–water partition coefficient (Wildman–Crippen LogP) is 2.85. The van der Waals surface area contributed by atoms with Crippen LogP contribution in [0.3, 0.4) is 0 Å². The predicted molar refractivity (Wildman–Crippen MR) is 87.3 cm³/mol. The highest BCUT2D eigenvalue weighted by Gasteiger charge is 2.27. The summed E-state index contributed by atoms with van der Waals surface area (Å²) >= 11 is 0. The molecule has 2 unspecified atom stereocenters. The minimum atomic E-state index is -0.102. The van der Waals surface area contributed by atoms with Crippen molar-refractivity contribution in [3.63, 3.8) is 0 Å². The van der Waals surface area contributed by atoms with Crippen LogP contribution in [0.5, 0.6) is 0 Å². The molecule has 1 fully saturated rings. The number of likely N-dealkylation sites (N-methyl/N-ethyl adjacent to an activating group) is 1. The molecule has 4 heteroatoms. The van der Waals surface area contributed by atoms with Gasteiger partial charge in [-0.2, -0.15) is 0 Å². The van der Waals surface area contributed by atoms with Gasteiger partial charge in [0.25, 0.3) is 0 Å². The molecule has 2 atom stereocenters. The van der Waals surface area contributed by atoms with Crippen molar-refractivity contribution in [2.75, 3.05) is 31.6 Å². The Bertz CT molecular complexity index is 451. The fourth-order valence-corrected chi connectivity index (χ4v) is 2.93. The molecule has 1 saturated heterocycles. The van der Waals surface area contributed by atoms with E-state index >= 15 is 0 Å². The number of benzene rings is 1. The van der Waals surface area contributed by atoms with Gasteiger partial charge in [0.2, 0.25) is 0 Å². The van der Waals surface area contributed by atoms with Crippen molar-refractivity contribution in [2.45, 2.75) is 45.8 Å². The molecule has 1 aromatic rings. The number of anilines is 1. The van der Waals surface area contributed by atoms with Crippen LogP contribution in [-0.4, -0.2) is 43.7 Å². The first-order valence-corrected chi connectivity index (χ1v) is 7.99. The minimum absolute atomic E-state index is 0.102. The molecule has 0 aliphatic carbocycles. The van der Waals surface area contributed by atoms with Crippen molar-refractivity contribution in [1.29, 1.82) is 0 Å². The second-order valence-electron chi connectivity index (χ2n) is 6.23. The molecule has 0 bridgehead atoms. The summed E-state index contributed by atoms with van der Waals surface area (Å²) in [5.74, 6) is -0.102. The van der Waals surface area contributed by atoms with Crippen molar-refractivity contribution in [3.05, 3.63) is 29.6 Å². The van der Waals surface area contributed by atoms with Gasteiger partial charge < -0.3 is 10.2 Å². The smallest absolute Gasteiger partial charge is 0.146 e. The summed E-state index contributed by atoms with van der Waals surface area (Å²) in [4.78, 5) is 4.53. The highest BCUT2D eigenvalue weighted by Crippen LogP contribution is 2.25. The van der Waals surface area contributed by atoms with E-state index in [9.17, 15) is 4.39 Å². The molecule has 1 heterocycles.